The molecule has 0 radical (unpaired) electrons. The van der Waals surface area contributed by atoms with Gasteiger partial charge in [-0.25, -0.2) is 9.97 Å². The van der Waals surface area contributed by atoms with Crippen molar-refractivity contribution >= 4 is 34.0 Å². The fraction of sp³-hybridized carbons (Fsp3) is 0.0714. The summed E-state index contributed by atoms with van der Waals surface area (Å²) >= 11 is 5.93. The summed E-state index contributed by atoms with van der Waals surface area (Å²) in [5.74, 6) is 1.29. The number of aryl methyl sites for hydroxylation is 1. The summed E-state index contributed by atoms with van der Waals surface area (Å²) < 4.78 is 0. The molecule has 0 saturated heterocycles. The number of hydrogen-bond acceptors (Lipinski definition) is 4. The lowest BCUT2D eigenvalue weighted by Crippen LogP contribution is -1.98. The van der Waals surface area contributed by atoms with Crippen LogP contribution in [-0.2, 0) is 0 Å². The first-order valence-corrected chi connectivity index (χ1v) is 6.22. The Labute approximate surface area is 115 Å². The highest BCUT2D eigenvalue weighted by Gasteiger charge is 2.04. The number of fused-ring (bicyclic) bond motifs is 1. The normalized spacial score (nSPS) is 10.6. The molecule has 1 aromatic carbocycles. The molecule has 0 aliphatic carbocycles. The molecule has 0 saturated carbocycles. The van der Waals surface area contributed by atoms with Gasteiger partial charge < -0.3 is 5.32 Å². The van der Waals surface area contributed by atoms with Crippen LogP contribution in [-0.4, -0.2) is 15.0 Å². The fourth-order valence-corrected chi connectivity index (χ4v) is 2.16. The van der Waals surface area contributed by atoms with Crippen molar-refractivity contribution in [3.63, 3.8) is 0 Å². The van der Waals surface area contributed by atoms with E-state index >= 15 is 0 Å². The standard InChI is InChI=1S/C14H11ClN4/c1-9-17-12(15)8-13(18-9)19-11-6-2-4-10-5-3-7-16-14(10)11/h2-8H,1H3,(H,17,18,19). The number of nitrogens with one attached hydrogen (secondary N) is 1. The van der Waals surface area contributed by atoms with Crippen LogP contribution in [0.25, 0.3) is 10.9 Å². The largest absolute Gasteiger partial charge is 0.338 e. The average Bonchev–Trinajstić information content (AvgIpc) is 2.38. The number of benzene rings is 1. The summed E-state index contributed by atoms with van der Waals surface area (Å²) in [5, 5.41) is 4.72. The molecule has 2 heterocycles. The van der Waals surface area contributed by atoms with Gasteiger partial charge in [0.15, 0.2) is 0 Å². The molecule has 2 aromatic heterocycles. The van der Waals surface area contributed by atoms with E-state index in [1.54, 1.807) is 19.2 Å². The minimum Gasteiger partial charge on any atom is -0.338 e. The van der Waals surface area contributed by atoms with Gasteiger partial charge in [-0.05, 0) is 19.1 Å². The molecule has 0 atom stereocenters. The molecule has 19 heavy (non-hydrogen) atoms. The predicted octanol–water partition coefficient (Wildman–Crippen LogP) is 3.73. The Hall–Kier alpha value is -2.20. The van der Waals surface area contributed by atoms with E-state index in [4.69, 9.17) is 11.6 Å². The molecule has 0 unspecified atom stereocenters. The summed E-state index contributed by atoms with van der Waals surface area (Å²) in [7, 11) is 0. The second kappa shape index (κ2) is 4.82. The van der Waals surface area contributed by atoms with Crippen LogP contribution in [0.2, 0.25) is 5.15 Å². The topological polar surface area (TPSA) is 50.7 Å². The third kappa shape index (κ3) is 2.48. The van der Waals surface area contributed by atoms with E-state index in [1.807, 2.05) is 30.3 Å². The van der Waals surface area contributed by atoms with Crippen LogP contribution >= 0.6 is 11.6 Å². The minimum atomic E-state index is 0.420. The number of nitrogens with zero attached hydrogens (tertiary/aromatic N) is 3. The third-order valence-corrected chi connectivity index (χ3v) is 2.90. The van der Waals surface area contributed by atoms with Crippen LogP contribution in [0.3, 0.4) is 0 Å². The van der Waals surface area contributed by atoms with Gasteiger partial charge in [-0.3, -0.25) is 4.98 Å². The zero-order valence-electron chi connectivity index (χ0n) is 10.3. The first-order chi connectivity index (χ1) is 9.22. The molecule has 4 nitrogen and oxygen atoms in total. The number of pyridine rings is 1. The molecule has 94 valence electrons. The van der Waals surface area contributed by atoms with Crippen LogP contribution in [0.4, 0.5) is 11.5 Å². The molecular formula is C14H11ClN4. The van der Waals surface area contributed by atoms with Crippen LogP contribution in [0.15, 0.2) is 42.6 Å². The average molecular weight is 271 g/mol. The fourth-order valence-electron chi connectivity index (χ4n) is 1.94. The summed E-state index contributed by atoms with van der Waals surface area (Å²) in [4.78, 5) is 12.7. The van der Waals surface area contributed by atoms with E-state index in [-0.39, 0.29) is 0 Å². The summed E-state index contributed by atoms with van der Waals surface area (Å²) in [6.45, 7) is 1.80. The number of hydrogen-bond donors (Lipinski definition) is 1. The van der Waals surface area contributed by atoms with E-state index in [2.05, 4.69) is 20.3 Å². The van der Waals surface area contributed by atoms with Gasteiger partial charge in [0.25, 0.3) is 0 Å². The van der Waals surface area contributed by atoms with Crippen molar-refractivity contribution in [2.45, 2.75) is 6.92 Å². The van der Waals surface area contributed by atoms with Crippen LogP contribution in [0.1, 0.15) is 5.82 Å². The first kappa shape index (κ1) is 11.9. The molecule has 0 amide bonds. The molecule has 0 bridgehead atoms. The number of para-hydroxylation sites is 1. The van der Waals surface area contributed by atoms with Gasteiger partial charge in [-0.1, -0.05) is 29.8 Å². The number of anilines is 2. The lowest BCUT2D eigenvalue weighted by molar-refractivity contribution is 1.06. The zero-order chi connectivity index (χ0) is 13.2. The van der Waals surface area contributed by atoms with Crippen molar-refractivity contribution in [3.8, 4) is 0 Å². The van der Waals surface area contributed by atoms with Crippen LogP contribution < -0.4 is 5.32 Å². The second-order valence-electron chi connectivity index (χ2n) is 4.13. The van der Waals surface area contributed by atoms with Gasteiger partial charge in [0, 0.05) is 17.6 Å². The van der Waals surface area contributed by atoms with E-state index < -0.39 is 0 Å². The molecule has 3 aromatic rings. The van der Waals surface area contributed by atoms with Gasteiger partial charge in [-0.15, -0.1) is 0 Å². The van der Waals surface area contributed by atoms with Crippen molar-refractivity contribution in [1.29, 1.82) is 0 Å². The van der Waals surface area contributed by atoms with Gasteiger partial charge >= 0.3 is 0 Å². The SMILES string of the molecule is Cc1nc(Cl)cc(Nc2cccc3cccnc23)n1. The van der Waals surface area contributed by atoms with Crippen LogP contribution in [0, 0.1) is 6.92 Å². The highest BCUT2D eigenvalue weighted by molar-refractivity contribution is 6.29. The van der Waals surface area contributed by atoms with Crippen molar-refractivity contribution in [2.75, 3.05) is 5.32 Å². The molecule has 0 aliphatic rings. The Morgan fingerprint density at radius 3 is 2.79 bits per heavy atom. The molecule has 1 N–H and O–H groups in total. The smallest absolute Gasteiger partial charge is 0.135 e. The monoisotopic (exact) mass is 270 g/mol. The lowest BCUT2D eigenvalue weighted by Gasteiger charge is -2.08. The molecular weight excluding hydrogens is 260 g/mol. The Morgan fingerprint density at radius 2 is 1.95 bits per heavy atom. The van der Waals surface area contributed by atoms with Gasteiger partial charge in [0.05, 0.1) is 11.2 Å². The molecule has 5 heteroatoms. The maximum absolute atomic E-state index is 5.93. The minimum absolute atomic E-state index is 0.420. The van der Waals surface area contributed by atoms with Gasteiger partial charge in [0.2, 0.25) is 0 Å². The van der Waals surface area contributed by atoms with Gasteiger partial charge in [0.1, 0.15) is 16.8 Å². The van der Waals surface area contributed by atoms with E-state index in [1.165, 1.54) is 0 Å². The van der Waals surface area contributed by atoms with Crippen molar-refractivity contribution < 1.29 is 0 Å². The third-order valence-electron chi connectivity index (χ3n) is 2.70. The zero-order valence-corrected chi connectivity index (χ0v) is 11.0. The first-order valence-electron chi connectivity index (χ1n) is 5.84. The quantitative estimate of drug-likeness (QED) is 0.721. The van der Waals surface area contributed by atoms with Gasteiger partial charge in [-0.2, -0.15) is 0 Å². The Morgan fingerprint density at radius 1 is 1.11 bits per heavy atom. The van der Waals surface area contributed by atoms with E-state index in [0.717, 1.165) is 16.6 Å². The molecule has 0 spiro atoms. The highest BCUT2D eigenvalue weighted by Crippen LogP contribution is 2.24. The number of rotatable bonds is 2. The summed E-state index contributed by atoms with van der Waals surface area (Å²) in [5.41, 5.74) is 1.80. The Kier molecular flexibility index (Phi) is 3.01. The maximum Gasteiger partial charge on any atom is 0.135 e. The number of aromatic nitrogens is 3. The lowest BCUT2D eigenvalue weighted by atomic mass is 10.2. The van der Waals surface area contributed by atoms with Crippen molar-refractivity contribution in [2.24, 2.45) is 0 Å². The van der Waals surface area contributed by atoms with Crippen molar-refractivity contribution in [1.82, 2.24) is 15.0 Å². The number of halogens is 1. The van der Waals surface area contributed by atoms with E-state index in [9.17, 15) is 0 Å². The second-order valence-corrected chi connectivity index (χ2v) is 4.52. The molecule has 0 aliphatic heterocycles. The predicted molar refractivity (Wildman–Crippen MR) is 76.8 cm³/mol. The van der Waals surface area contributed by atoms with Crippen molar-refractivity contribution in [3.05, 3.63) is 53.6 Å². The van der Waals surface area contributed by atoms with E-state index in [0.29, 0.717) is 16.8 Å². The molecule has 3 rings (SSSR count). The van der Waals surface area contributed by atoms with Crippen LogP contribution in [0.5, 0.6) is 0 Å². The Bertz CT molecular complexity index is 717. The maximum atomic E-state index is 5.93. The summed E-state index contributed by atoms with van der Waals surface area (Å²) in [6.07, 6.45) is 1.77. The highest BCUT2D eigenvalue weighted by atomic mass is 35.5. The Balaban J connectivity index is 2.05. The molecule has 0 fully saturated rings. The summed E-state index contributed by atoms with van der Waals surface area (Å²) in [6, 6.07) is 11.6.